The Morgan fingerprint density at radius 3 is 2.78 bits per heavy atom. The zero-order valence-electron chi connectivity index (χ0n) is 10.6. The molecule has 18 heavy (non-hydrogen) atoms. The van der Waals surface area contributed by atoms with E-state index in [1.165, 1.54) is 0 Å². The van der Waals surface area contributed by atoms with Gasteiger partial charge in [0.2, 0.25) is 0 Å². The summed E-state index contributed by atoms with van der Waals surface area (Å²) >= 11 is 0. The lowest BCUT2D eigenvalue weighted by molar-refractivity contribution is 0.0715. The molecule has 2 atom stereocenters. The maximum Gasteiger partial charge on any atom is 0.255 e. The van der Waals surface area contributed by atoms with Crippen LogP contribution in [-0.2, 0) is 0 Å². The SMILES string of the molecule is COc1ccccc1C(=O)N[C@@H]1CCCC[C@H]1O. The van der Waals surface area contributed by atoms with Crippen LogP contribution in [0.15, 0.2) is 24.3 Å². The molecule has 1 aliphatic carbocycles. The highest BCUT2D eigenvalue weighted by atomic mass is 16.5. The first-order valence-corrected chi connectivity index (χ1v) is 6.34. The molecule has 1 aliphatic rings. The van der Waals surface area contributed by atoms with E-state index >= 15 is 0 Å². The van der Waals surface area contributed by atoms with Crippen LogP contribution >= 0.6 is 0 Å². The predicted molar refractivity (Wildman–Crippen MR) is 68.7 cm³/mol. The number of hydrogen-bond donors (Lipinski definition) is 2. The summed E-state index contributed by atoms with van der Waals surface area (Å²) in [7, 11) is 1.54. The average Bonchev–Trinajstić information content (AvgIpc) is 2.41. The van der Waals surface area contributed by atoms with Crippen LogP contribution in [-0.4, -0.2) is 30.3 Å². The number of methoxy groups -OCH3 is 1. The summed E-state index contributed by atoms with van der Waals surface area (Å²) in [5.41, 5.74) is 0.512. The minimum atomic E-state index is -0.433. The summed E-state index contributed by atoms with van der Waals surface area (Å²) in [4.78, 5) is 12.1. The average molecular weight is 249 g/mol. The van der Waals surface area contributed by atoms with Crippen molar-refractivity contribution in [3.05, 3.63) is 29.8 Å². The van der Waals surface area contributed by atoms with E-state index in [1.807, 2.05) is 6.07 Å². The lowest BCUT2D eigenvalue weighted by Gasteiger charge is -2.28. The van der Waals surface area contributed by atoms with Crippen LogP contribution in [0.5, 0.6) is 5.75 Å². The standard InChI is InChI=1S/C14H19NO3/c1-18-13-9-5-2-6-10(13)14(17)15-11-7-3-4-8-12(11)16/h2,5-6,9,11-12,16H,3-4,7-8H2,1H3,(H,15,17)/t11-,12-/m1/s1. The number of aliphatic hydroxyl groups excluding tert-OH is 1. The Morgan fingerprint density at radius 1 is 1.33 bits per heavy atom. The molecule has 0 bridgehead atoms. The summed E-state index contributed by atoms with van der Waals surface area (Å²) in [6.45, 7) is 0. The van der Waals surface area contributed by atoms with Gasteiger partial charge in [0.1, 0.15) is 5.75 Å². The van der Waals surface area contributed by atoms with Gasteiger partial charge in [-0.15, -0.1) is 0 Å². The molecule has 1 saturated carbocycles. The van der Waals surface area contributed by atoms with E-state index in [0.717, 1.165) is 25.7 Å². The van der Waals surface area contributed by atoms with E-state index in [1.54, 1.807) is 25.3 Å². The molecule has 98 valence electrons. The first kappa shape index (κ1) is 12.9. The van der Waals surface area contributed by atoms with Crippen molar-refractivity contribution in [2.24, 2.45) is 0 Å². The zero-order chi connectivity index (χ0) is 13.0. The lowest BCUT2D eigenvalue weighted by atomic mass is 9.92. The minimum absolute atomic E-state index is 0.142. The molecular weight excluding hydrogens is 230 g/mol. The molecule has 0 heterocycles. The maximum absolute atomic E-state index is 12.1. The first-order valence-electron chi connectivity index (χ1n) is 6.34. The molecule has 0 radical (unpaired) electrons. The van der Waals surface area contributed by atoms with Gasteiger partial charge < -0.3 is 15.2 Å². The monoisotopic (exact) mass is 249 g/mol. The van der Waals surface area contributed by atoms with Gasteiger partial charge in [-0.05, 0) is 25.0 Å². The van der Waals surface area contributed by atoms with Crippen molar-refractivity contribution in [1.82, 2.24) is 5.32 Å². The van der Waals surface area contributed by atoms with Gasteiger partial charge in [-0.1, -0.05) is 25.0 Å². The van der Waals surface area contributed by atoms with Crippen LogP contribution in [0.3, 0.4) is 0 Å². The number of benzene rings is 1. The Bertz CT molecular complexity index is 419. The molecule has 1 aromatic rings. The normalized spacial score (nSPS) is 23.4. The molecule has 0 unspecified atom stereocenters. The van der Waals surface area contributed by atoms with Gasteiger partial charge >= 0.3 is 0 Å². The molecule has 2 N–H and O–H groups in total. The second-order valence-electron chi connectivity index (χ2n) is 4.63. The number of aliphatic hydroxyl groups is 1. The van der Waals surface area contributed by atoms with Crippen LogP contribution in [0.4, 0.5) is 0 Å². The second kappa shape index (κ2) is 5.87. The van der Waals surface area contributed by atoms with Crippen molar-refractivity contribution < 1.29 is 14.6 Å². The Morgan fingerprint density at radius 2 is 2.06 bits per heavy atom. The topological polar surface area (TPSA) is 58.6 Å². The Kier molecular flexibility index (Phi) is 4.20. The van der Waals surface area contributed by atoms with E-state index in [-0.39, 0.29) is 11.9 Å². The third-order valence-corrected chi connectivity index (χ3v) is 3.40. The van der Waals surface area contributed by atoms with Crippen molar-refractivity contribution in [2.75, 3.05) is 7.11 Å². The number of hydrogen-bond acceptors (Lipinski definition) is 3. The van der Waals surface area contributed by atoms with E-state index in [0.29, 0.717) is 11.3 Å². The van der Waals surface area contributed by atoms with Crippen LogP contribution in [0.1, 0.15) is 36.0 Å². The molecule has 2 rings (SSSR count). The van der Waals surface area contributed by atoms with Crippen molar-refractivity contribution in [3.63, 3.8) is 0 Å². The number of rotatable bonds is 3. The number of para-hydroxylation sites is 1. The molecule has 0 spiro atoms. The predicted octanol–water partition coefficient (Wildman–Crippen LogP) is 1.73. The highest BCUT2D eigenvalue weighted by Gasteiger charge is 2.25. The van der Waals surface area contributed by atoms with Crippen LogP contribution in [0, 0.1) is 0 Å². The van der Waals surface area contributed by atoms with Crippen molar-refractivity contribution >= 4 is 5.91 Å². The van der Waals surface area contributed by atoms with E-state index in [9.17, 15) is 9.90 Å². The summed E-state index contributed by atoms with van der Waals surface area (Å²) in [5.74, 6) is 0.374. The fraction of sp³-hybridized carbons (Fsp3) is 0.500. The third kappa shape index (κ3) is 2.82. The molecule has 0 aromatic heterocycles. The highest BCUT2D eigenvalue weighted by molar-refractivity contribution is 5.97. The molecule has 4 nitrogen and oxygen atoms in total. The van der Waals surface area contributed by atoms with Gasteiger partial charge in [-0.3, -0.25) is 4.79 Å². The van der Waals surface area contributed by atoms with Crippen molar-refractivity contribution in [1.29, 1.82) is 0 Å². The smallest absolute Gasteiger partial charge is 0.255 e. The summed E-state index contributed by atoms with van der Waals surface area (Å²) < 4.78 is 5.16. The molecule has 4 heteroatoms. The Labute approximate surface area is 107 Å². The molecular formula is C14H19NO3. The molecule has 1 aromatic carbocycles. The van der Waals surface area contributed by atoms with Crippen molar-refractivity contribution in [2.45, 2.75) is 37.8 Å². The molecule has 1 fully saturated rings. The van der Waals surface area contributed by atoms with Gasteiger partial charge in [0.25, 0.3) is 5.91 Å². The fourth-order valence-electron chi connectivity index (χ4n) is 2.36. The Hall–Kier alpha value is -1.55. The summed E-state index contributed by atoms with van der Waals surface area (Å²) in [6.07, 6.45) is 3.24. The quantitative estimate of drug-likeness (QED) is 0.857. The largest absolute Gasteiger partial charge is 0.496 e. The fourth-order valence-corrected chi connectivity index (χ4v) is 2.36. The maximum atomic E-state index is 12.1. The van der Waals surface area contributed by atoms with Crippen molar-refractivity contribution in [3.8, 4) is 5.75 Å². The summed E-state index contributed by atoms with van der Waals surface area (Å²) in [5, 5.41) is 12.7. The van der Waals surface area contributed by atoms with Gasteiger partial charge in [-0.25, -0.2) is 0 Å². The van der Waals surface area contributed by atoms with Crippen LogP contribution in [0.25, 0.3) is 0 Å². The van der Waals surface area contributed by atoms with Gasteiger partial charge in [0.15, 0.2) is 0 Å². The van der Waals surface area contributed by atoms with Crippen LogP contribution in [0.2, 0.25) is 0 Å². The zero-order valence-corrected chi connectivity index (χ0v) is 10.6. The van der Waals surface area contributed by atoms with E-state index in [2.05, 4.69) is 5.32 Å². The van der Waals surface area contributed by atoms with Crippen LogP contribution < -0.4 is 10.1 Å². The molecule has 0 saturated heterocycles. The van der Waals surface area contributed by atoms with E-state index < -0.39 is 6.10 Å². The minimum Gasteiger partial charge on any atom is -0.496 e. The molecule has 1 amide bonds. The number of ether oxygens (including phenoxy) is 1. The second-order valence-corrected chi connectivity index (χ2v) is 4.63. The van der Waals surface area contributed by atoms with E-state index in [4.69, 9.17) is 4.74 Å². The third-order valence-electron chi connectivity index (χ3n) is 3.40. The Balaban J connectivity index is 2.07. The number of amides is 1. The number of carbonyl (C=O) groups excluding carboxylic acids is 1. The number of nitrogens with one attached hydrogen (secondary N) is 1. The first-order chi connectivity index (χ1) is 8.72. The van der Waals surface area contributed by atoms with Gasteiger partial charge in [0, 0.05) is 0 Å². The highest BCUT2D eigenvalue weighted by Crippen LogP contribution is 2.21. The van der Waals surface area contributed by atoms with Gasteiger partial charge in [-0.2, -0.15) is 0 Å². The summed E-state index contributed by atoms with van der Waals surface area (Å²) in [6, 6.07) is 6.96. The molecule has 0 aliphatic heterocycles. The number of carbonyl (C=O) groups is 1. The van der Waals surface area contributed by atoms with Gasteiger partial charge in [0.05, 0.1) is 24.8 Å². The lowest BCUT2D eigenvalue weighted by Crippen LogP contribution is -2.45.